The van der Waals surface area contributed by atoms with Crippen LogP contribution in [0.25, 0.3) is 0 Å². The molecule has 0 saturated heterocycles. The van der Waals surface area contributed by atoms with Crippen molar-refractivity contribution in [2.24, 2.45) is 0 Å². The van der Waals surface area contributed by atoms with E-state index in [1.165, 1.54) is 36.2 Å². The van der Waals surface area contributed by atoms with Crippen molar-refractivity contribution in [1.82, 2.24) is 4.90 Å². The van der Waals surface area contributed by atoms with Gasteiger partial charge >= 0.3 is 14.5 Å². The molecule has 0 aliphatic carbocycles. The number of hydrogen-bond donors (Lipinski definition) is 0. The molecule has 1 atom stereocenters. The molecule has 0 radical (unpaired) electrons. The van der Waals surface area contributed by atoms with Gasteiger partial charge in [-0.1, -0.05) is 64.4 Å². The summed E-state index contributed by atoms with van der Waals surface area (Å²) in [6.07, 6.45) is 5.38. The van der Waals surface area contributed by atoms with E-state index in [9.17, 15) is 0 Å². The van der Waals surface area contributed by atoms with E-state index in [2.05, 4.69) is 39.5 Å². The monoisotopic (exact) mass is 257 g/mol. The zero-order chi connectivity index (χ0) is 13.1. The van der Waals surface area contributed by atoms with Crippen LogP contribution < -0.4 is 0 Å². The van der Waals surface area contributed by atoms with Gasteiger partial charge in [0.05, 0.1) is 6.23 Å². The predicted octanol–water partition coefficient (Wildman–Crippen LogP) is 4.28. The van der Waals surface area contributed by atoms with Crippen LogP contribution in [-0.2, 0) is 3.79 Å². The molecule has 17 heavy (non-hydrogen) atoms. The van der Waals surface area contributed by atoms with Crippen LogP contribution in [0.2, 0.25) is 10.6 Å². The van der Waals surface area contributed by atoms with Gasteiger partial charge in [-0.05, 0) is 19.5 Å². The van der Waals surface area contributed by atoms with E-state index in [1.807, 2.05) is 0 Å². The number of nitrogens with zero attached hydrogens (tertiary/aromatic N) is 1. The van der Waals surface area contributed by atoms with Crippen LogP contribution >= 0.6 is 0 Å². The van der Waals surface area contributed by atoms with E-state index < -0.39 is 14.5 Å². The van der Waals surface area contributed by atoms with E-state index in [1.54, 1.807) is 0 Å². The van der Waals surface area contributed by atoms with Gasteiger partial charge in [0.1, 0.15) is 0 Å². The first-order valence-corrected chi connectivity index (χ1v) is 9.73. The van der Waals surface area contributed by atoms with Crippen molar-refractivity contribution in [3.63, 3.8) is 0 Å². The molecule has 0 N–H and O–H groups in total. The maximum atomic E-state index is 6.48. The van der Waals surface area contributed by atoms with Gasteiger partial charge in [-0.25, -0.2) is 0 Å². The fourth-order valence-corrected chi connectivity index (χ4v) is 4.96. The fourth-order valence-electron chi connectivity index (χ4n) is 2.36. The maximum absolute atomic E-state index is 6.48. The maximum Gasteiger partial charge on any atom is 0.461 e. The van der Waals surface area contributed by atoms with Gasteiger partial charge < -0.3 is 3.79 Å². The summed E-state index contributed by atoms with van der Waals surface area (Å²) in [6.45, 7) is 13.5. The zero-order valence-electron chi connectivity index (χ0n) is 12.7. The van der Waals surface area contributed by atoms with Crippen molar-refractivity contribution in [3.05, 3.63) is 0 Å². The molecule has 1 unspecified atom stereocenters. The Morgan fingerprint density at radius 2 is 1.41 bits per heavy atom. The largest absolute Gasteiger partial charge is 0.487 e. The molecule has 0 saturated carbocycles. The van der Waals surface area contributed by atoms with Crippen molar-refractivity contribution < 1.29 is 3.79 Å². The first-order valence-electron chi connectivity index (χ1n) is 7.62. The molecular formula is C14H32AlNO. The van der Waals surface area contributed by atoms with Gasteiger partial charge in [0.25, 0.3) is 0 Å². The van der Waals surface area contributed by atoms with Crippen LogP contribution in [0.5, 0.6) is 0 Å². The molecule has 0 heterocycles. The minimum absolute atomic E-state index is 0.393. The highest BCUT2D eigenvalue weighted by Gasteiger charge is 2.24. The quantitative estimate of drug-likeness (QED) is 0.404. The molecule has 0 rings (SSSR count). The zero-order valence-corrected chi connectivity index (χ0v) is 13.8. The van der Waals surface area contributed by atoms with Crippen molar-refractivity contribution in [2.75, 3.05) is 13.1 Å². The minimum atomic E-state index is -0.949. The Labute approximate surface area is 113 Å². The average molecular weight is 257 g/mol. The van der Waals surface area contributed by atoms with Gasteiger partial charge in [0.2, 0.25) is 0 Å². The third-order valence-electron chi connectivity index (χ3n) is 3.33. The third-order valence-corrected chi connectivity index (χ3v) is 6.47. The molecule has 0 aromatic heterocycles. The number of rotatable bonds is 11. The van der Waals surface area contributed by atoms with Gasteiger partial charge in [0.15, 0.2) is 0 Å². The highest BCUT2D eigenvalue weighted by molar-refractivity contribution is 6.51. The summed E-state index contributed by atoms with van der Waals surface area (Å²) in [6, 6.07) is 0. The molecule has 0 spiro atoms. The summed E-state index contributed by atoms with van der Waals surface area (Å²) in [5.41, 5.74) is 0. The lowest BCUT2D eigenvalue weighted by Crippen LogP contribution is -2.40. The Bertz CT molecular complexity index is 156. The summed E-state index contributed by atoms with van der Waals surface area (Å²) < 4.78 is 6.48. The highest BCUT2D eigenvalue weighted by Crippen LogP contribution is 2.15. The van der Waals surface area contributed by atoms with Crippen LogP contribution in [0.15, 0.2) is 0 Å². The van der Waals surface area contributed by atoms with Crippen molar-refractivity contribution in [3.8, 4) is 0 Å². The Morgan fingerprint density at radius 3 is 1.76 bits per heavy atom. The lowest BCUT2D eigenvalue weighted by molar-refractivity contribution is 0.0223. The molecule has 0 amide bonds. The molecule has 3 heteroatoms. The van der Waals surface area contributed by atoms with E-state index in [0.29, 0.717) is 6.23 Å². The van der Waals surface area contributed by atoms with Crippen molar-refractivity contribution in [2.45, 2.75) is 77.1 Å². The lowest BCUT2D eigenvalue weighted by Gasteiger charge is -2.32. The van der Waals surface area contributed by atoms with Crippen molar-refractivity contribution >= 4 is 14.5 Å². The molecular weight excluding hydrogens is 225 g/mol. The Morgan fingerprint density at radius 1 is 0.882 bits per heavy atom. The smallest absolute Gasteiger partial charge is 0.461 e. The van der Waals surface area contributed by atoms with Crippen LogP contribution in [0.3, 0.4) is 0 Å². The third kappa shape index (κ3) is 7.47. The topological polar surface area (TPSA) is 12.5 Å². The van der Waals surface area contributed by atoms with Crippen molar-refractivity contribution in [1.29, 1.82) is 0 Å². The standard InChI is InChI=1S/C8H18NO.2C3H7.Al/c1-4-7-8(10)9(5-2)6-3;2*1-3-2;/h8H,4-7H2,1-3H3;2*1,3H2,2H3;/q-1;;;+1. The summed E-state index contributed by atoms with van der Waals surface area (Å²) in [5.74, 6) is 0. The number of hydrogen-bond acceptors (Lipinski definition) is 2. The lowest BCUT2D eigenvalue weighted by atomic mass is 10.3. The summed E-state index contributed by atoms with van der Waals surface area (Å²) in [7, 11) is 0. The minimum Gasteiger partial charge on any atom is -0.487 e. The van der Waals surface area contributed by atoms with Crippen LogP contribution in [0, 0.1) is 0 Å². The van der Waals surface area contributed by atoms with Gasteiger partial charge in [-0.3, -0.25) is 4.90 Å². The fraction of sp³-hybridized carbons (Fsp3) is 1.00. The summed E-state index contributed by atoms with van der Waals surface area (Å²) in [5, 5.41) is 2.69. The molecule has 0 bridgehead atoms. The van der Waals surface area contributed by atoms with Crippen LogP contribution in [-0.4, -0.2) is 38.7 Å². The second kappa shape index (κ2) is 11.5. The molecule has 0 aromatic carbocycles. The van der Waals surface area contributed by atoms with Crippen LogP contribution in [0.1, 0.15) is 60.3 Å². The molecule has 0 aromatic rings. The highest BCUT2D eigenvalue weighted by atomic mass is 27.2. The SMILES string of the molecule is CCCC([O][Al]([CH2]CC)[CH2]CC)N(CC)CC. The van der Waals surface area contributed by atoms with E-state index in [4.69, 9.17) is 3.79 Å². The second-order valence-corrected chi connectivity index (χ2v) is 7.47. The summed E-state index contributed by atoms with van der Waals surface area (Å²) in [4.78, 5) is 2.48. The first kappa shape index (κ1) is 17.5. The van der Waals surface area contributed by atoms with Gasteiger partial charge in [-0.2, -0.15) is 0 Å². The molecule has 0 fully saturated rings. The van der Waals surface area contributed by atoms with Crippen LogP contribution in [0.4, 0.5) is 0 Å². The Balaban J connectivity index is 4.35. The van der Waals surface area contributed by atoms with E-state index in [0.717, 1.165) is 13.1 Å². The molecule has 102 valence electrons. The predicted molar refractivity (Wildman–Crippen MR) is 78.7 cm³/mol. The van der Waals surface area contributed by atoms with Gasteiger partial charge in [0, 0.05) is 0 Å². The molecule has 0 aliphatic heterocycles. The summed E-state index contributed by atoms with van der Waals surface area (Å²) >= 11 is -0.949. The average Bonchev–Trinajstić information content (AvgIpc) is 2.31. The molecule has 0 aliphatic rings. The first-order chi connectivity index (χ1) is 8.23. The second-order valence-electron chi connectivity index (χ2n) is 4.80. The van der Waals surface area contributed by atoms with Gasteiger partial charge in [-0.15, -0.1) is 0 Å². The normalized spacial score (nSPS) is 13.1. The Kier molecular flexibility index (Phi) is 11.8. The Hall–Kier alpha value is 0.452. The molecule has 2 nitrogen and oxygen atoms in total. The van der Waals surface area contributed by atoms with E-state index in [-0.39, 0.29) is 0 Å². The van der Waals surface area contributed by atoms with E-state index >= 15 is 0 Å².